The van der Waals surface area contributed by atoms with Crippen molar-refractivity contribution in [3.8, 4) is 0 Å². The first-order valence-electron chi connectivity index (χ1n) is 7.06. The van der Waals surface area contributed by atoms with Gasteiger partial charge in [0.25, 0.3) is 0 Å². The summed E-state index contributed by atoms with van der Waals surface area (Å²) in [5, 5.41) is 8.95. The minimum Gasteiger partial charge on any atom is -0.481 e. The van der Waals surface area contributed by atoms with Crippen molar-refractivity contribution in [1.82, 2.24) is 0 Å². The van der Waals surface area contributed by atoms with E-state index in [1.807, 2.05) is 11.8 Å². The Morgan fingerprint density at radius 1 is 1.42 bits per heavy atom. The maximum absolute atomic E-state index is 10.9. The van der Waals surface area contributed by atoms with Crippen LogP contribution in [0, 0.1) is 17.8 Å². The van der Waals surface area contributed by atoms with Crippen LogP contribution in [0.4, 0.5) is 0 Å². The minimum absolute atomic E-state index is 0.0885. The Hall–Kier alpha value is -0.960. The van der Waals surface area contributed by atoms with Gasteiger partial charge in [-0.3, -0.25) is 4.79 Å². The van der Waals surface area contributed by atoms with Crippen LogP contribution < -0.4 is 0 Å². The van der Waals surface area contributed by atoms with E-state index >= 15 is 0 Å². The number of benzene rings is 1. The Kier molecular flexibility index (Phi) is 4.92. The highest BCUT2D eigenvalue weighted by molar-refractivity contribution is 7.99. The van der Waals surface area contributed by atoms with Gasteiger partial charge in [0.2, 0.25) is 0 Å². The molecule has 0 heterocycles. The number of hydrogen-bond donors (Lipinski definition) is 1. The Morgan fingerprint density at radius 2 is 2.11 bits per heavy atom. The predicted octanol–water partition coefficient (Wildman–Crippen LogP) is 4.09. The van der Waals surface area contributed by atoms with E-state index in [-0.39, 0.29) is 5.92 Å². The van der Waals surface area contributed by atoms with E-state index in [9.17, 15) is 4.79 Å². The summed E-state index contributed by atoms with van der Waals surface area (Å²) >= 11 is 1.89. The maximum atomic E-state index is 10.9. The smallest absolute Gasteiger partial charge is 0.306 e. The fourth-order valence-electron chi connectivity index (χ4n) is 2.59. The number of carboxylic acid groups (broad SMARTS) is 1. The van der Waals surface area contributed by atoms with Crippen LogP contribution in [-0.4, -0.2) is 16.8 Å². The molecular formula is C16H22O2S. The molecule has 1 saturated carbocycles. The van der Waals surface area contributed by atoms with Crippen LogP contribution in [0.25, 0.3) is 0 Å². The van der Waals surface area contributed by atoms with Crippen molar-refractivity contribution in [2.24, 2.45) is 17.8 Å². The predicted molar refractivity (Wildman–Crippen MR) is 79.6 cm³/mol. The van der Waals surface area contributed by atoms with Crippen molar-refractivity contribution in [3.63, 3.8) is 0 Å². The Labute approximate surface area is 119 Å². The van der Waals surface area contributed by atoms with E-state index < -0.39 is 5.97 Å². The lowest BCUT2D eigenvalue weighted by molar-refractivity contribution is -0.139. The van der Waals surface area contributed by atoms with E-state index in [1.54, 1.807) is 0 Å². The fourth-order valence-corrected chi connectivity index (χ4v) is 3.36. The van der Waals surface area contributed by atoms with Crippen LogP contribution in [0.1, 0.15) is 32.3 Å². The zero-order chi connectivity index (χ0) is 13.8. The molecule has 1 N–H and O–H groups in total. The highest BCUT2D eigenvalue weighted by Crippen LogP contribution is 2.45. The van der Waals surface area contributed by atoms with Crippen LogP contribution in [-0.2, 0) is 11.2 Å². The molecule has 1 aliphatic carbocycles. The second kappa shape index (κ2) is 6.47. The first-order valence-corrected chi connectivity index (χ1v) is 8.05. The Bertz CT molecular complexity index is 427. The summed E-state index contributed by atoms with van der Waals surface area (Å²) in [6.07, 6.45) is 3.05. The Morgan fingerprint density at radius 3 is 2.63 bits per heavy atom. The molecule has 0 aromatic heterocycles. The molecule has 1 aromatic carbocycles. The van der Waals surface area contributed by atoms with E-state index in [2.05, 4.69) is 38.1 Å². The summed E-state index contributed by atoms with van der Waals surface area (Å²) in [5.74, 6) is 1.30. The lowest BCUT2D eigenvalue weighted by atomic mass is 9.95. The summed E-state index contributed by atoms with van der Waals surface area (Å²) in [4.78, 5) is 12.2. The molecule has 1 fully saturated rings. The second-order valence-corrected chi connectivity index (χ2v) is 6.69. The van der Waals surface area contributed by atoms with Gasteiger partial charge in [0.1, 0.15) is 0 Å². The first kappa shape index (κ1) is 14.4. The van der Waals surface area contributed by atoms with Crippen LogP contribution >= 0.6 is 11.8 Å². The van der Waals surface area contributed by atoms with Crippen molar-refractivity contribution >= 4 is 17.7 Å². The maximum Gasteiger partial charge on any atom is 0.306 e. The minimum atomic E-state index is -0.622. The number of carboxylic acids is 1. The molecule has 0 saturated heterocycles. The standard InChI is InChI=1S/C16H22O2S/c1-3-8-19-13-6-4-12(5-7-13)9-11(2)14-10-15(14)16(17)18/h4-7,11,14-15H,3,8-10H2,1-2H3,(H,17,18). The second-order valence-electron chi connectivity index (χ2n) is 5.52. The van der Waals surface area contributed by atoms with E-state index in [4.69, 9.17) is 5.11 Å². The molecule has 0 bridgehead atoms. The van der Waals surface area contributed by atoms with Gasteiger partial charge in [-0.2, -0.15) is 0 Å². The van der Waals surface area contributed by atoms with Crippen LogP contribution in [0.5, 0.6) is 0 Å². The van der Waals surface area contributed by atoms with Crippen molar-refractivity contribution < 1.29 is 9.90 Å². The summed E-state index contributed by atoms with van der Waals surface area (Å²) in [7, 11) is 0. The van der Waals surface area contributed by atoms with Crippen LogP contribution in [0.15, 0.2) is 29.2 Å². The van der Waals surface area contributed by atoms with Gasteiger partial charge in [-0.05, 0) is 54.5 Å². The van der Waals surface area contributed by atoms with Crippen molar-refractivity contribution in [2.75, 3.05) is 5.75 Å². The molecular weight excluding hydrogens is 256 g/mol. The quantitative estimate of drug-likeness (QED) is 0.763. The Balaban J connectivity index is 1.84. The molecule has 19 heavy (non-hydrogen) atoms. The molecule has 0 amide bonds. The van der Waals surface area contributed by atoms with E-state index in [0.717, 1.165) is 18.6 Å². The van der Waals surface area contributed by atoms with Gasteiger partial charge in [0.05, 0.1) is 5.92 Å². The molecule has 2 rings (SSSR count). The summed E-state index contributed by atoms with van der Waals surface area (Å²) in [6, 6.07) is 8.74. The zero-order valence-corrected chi connectivity index (χ0v) is 12.5. The van der Waals surface area contributed by atoms with Crippen LogP contribution in [0.2, 0.25) is 0 Å². The molecule has 3 unspecified atom stereocenters. The van der Waals surface area contributed by atoms with Gasteiger partial charge in [-0.25, -0.2) is 0 Å². The molecule has 1 aliphatic rings. The SMILES string of the molecule is CCCSc1ccc(CC(C)C2CC2C(=O)O)cc1. The van der Waals surface area contributed by atoms with E-state index in [0.29, 0.717) is 11.8 Å². The number of thioether (sulfide) groups is 1. The summed E-state index contributed by atoms with van der Waals surface area (Å²) < 4.78 is 0. The van der Waals surface area contributed by atoms with Gasteiger partial charge in [0, 0.05) is 4.90 Å². The van der Waals surface area contributed by atoms with E-state index in [1.165, 1.54) is 16.9 Å². The van der Waals surface area contributed by atoms with Gasteiger partial charge in [-0.15, -0.1) is 11.8 Å². The molecule has 1 aromatic rings. The number of hydrogen-bond acceptors (Lipinski definition) is 2. The zero-order valence-electron chi connectivity index (χ0n) is 11.6. The molecule has 104 valence electrons. The average Bonchev–Trinajstić information content (AvgIpc) is 3.18. The van der Waals surface area contributed by atoms with Crippen LogP contribution in [0.3, 0.4) is 0 Å². The lowest BCUT2D eigenvalue weighted by Gasteiger charge is -2.11. The normalized spacial score (nSPS) is 23.1. The highest BCUT2D eigenvalue weighted by atomic mass is 32.2. The monoisotopic (exact) mass is 278 g/mol. The first-order chi connectivity index (χ1) is 9.11. The summed E-state index contributed by atoms with van der Waals surface area (Å²) in [6.45, 7) is 4.37. The third-order valence-electron chi connectivity index (χ3n) is 3.84. The number of aliphatic carboxylic acids is 1. The third kappa shape index (κ3) is 4.00. The number of carbonyl (C=O) groups is 1. The topological polar surface area (TPSA) is 37.3 Å². The molecule has 2 nitrogen and oxygen atoms in total. The molecule has 0 radical (unpaired) electrons. The molecule has 3 atom stereocenters. The summed E-state index contributed by atoms with van der Waals surface area (Å²) in [5.41, 5.74) is 1.32. The largest absolute Gasteiger partial charge is 0.481 e. The highest BCUT2D eigenvalue weighted by Gasteiger charge is 2.45. The number of rotatable bonds is 7. The van der Waals surface area contributed by atoms with Gasteiger partial charge in [0.15, 0.2) is 0 Å². The van der Waals surface area contributed by atoms with Crippen molar-refractivity contribution in [1.29, 1.82) is 0 Å². The molecule has 3 heteroatoms. The average molecular weight is 278 g/mol. The molecule has 0 aliphatic heterocycles. The molecule has 0 spiro atoms. The fraction of sp³-hybridized carbons (Fsp3) is 0.562. The van der Waals surface area contributed by atoms with Gasteiger partial charge < -0.3 is 5.11 Å². The van der Waals surface area contributed by atoms with Crippen molar-refractivity contribution in [3.05, 3.63) is 29.8 Å². The lowest BCUT2D eigenvalue weighted by Crippen LogP contribution is -2.08. The van der Waals surface area contributed by atoms with Crippen molar-refractivity contribution in [2.45, 2.75) is 38.0 Å². The third-order valence-corrected chi connectivity index (χ3v) is 5.06. The van der Waals surface area contributed by atoms with Gasteiger partial charge in [-0.1, -0.05) is 26.0 Å². The van der Waals surface area contributed by atoms with Gasteiger partial charge >= 0.3 is 5.97 Å².